The van der Waals surface area contributed by atoms with Crippen molar-refractivity contribution in [3.05, 3.63) is 58.9 Å². The molecule has 1 atom stereocenters. The van der Waals surface area contributed by atoms with E-state index < -0.39 is 0 Å². The molecule has 1 aromatic heterocycles. The molecule has 2 aromatic rings. The van der Waals surface area contributed by atoms with Gasteiger partial charge in [-0.15, -0.1) is 0 Å². The number of aryl methyl sites for hydroxylation is 1. The van der Waals surface area contributed by atoms with Crippen LogP contribution in [0.15, 0.2) is 36.5 Å². The van der Waals surface area contributed by atoms with E-state index in [1.54, 1.807) is 13.1 Å². The molecular formula is C14H15NO2S. The van der Waals surface area contributed by atoms with Crippen LogP contribution in [0.5, 0.6) is 5.75 Å². The summed E-state index contributed by atoms with van der Waals surface area (Å²) in [5.74, 6) is 0.0463. The zero-order valence-corrected chi connectivity index (χ0v) is 10.9. The largest absolute Gasteiger partial charge is 0.506 e. The number of rotatable bonds is 3. The first-order valence-corrected chi connectivity index (χ1v) is 6.18. The monoisotopic (exact) mass is 261 g/mol. The Balaban J connectivity index is 2.49. The lowest BCUT2D eigenvalue weighted by Gasteiger charge is -2.16. The van der Waals surface area contributed by atoms with Crippen LogP contribution in [0.1, 0.15) is 27.6 Å². The molecule has 0 aliphatic rings. The molecule has 0 bridgehead atoms. The molecule has 2 rings (SSSR count). The fourth-order valence-corrected chi connectivity index (χ4v) is 2.27. The predicted octanol–water partition coefficient (Wildman–Crippen LogP) is 2.61. The maximum atomic E-state index is 9.92. The molecule has 0 amide bonds. The van der Waals surface area contributed by atoms with Crippen molar-refractivity contribution in [3.63, 3.8) is 0 Å². The van der Waals surface area contributed by atoms with E-state index in [0.29, 0.717) is 11.3 Å². The van der Waals surface area contributed by atoms with E-state index in [4.69, 9.17) is 0 Å². The van der Waals surface area contributed by atoms with Crippen molar-refractivity contribution in [2.24, 2.45) is 0 Å². The number of pyridine rings is 1. The lowest BCUT2D eigenvalue weighted by atomic mass is 10.00. The molecule has 18 heavy (non-hydrogen) atoms. The topological polar surface area (TPSA) is 53.4 Å². The summed E-state index contributed by atoms with van der Waals surface area (Å²) in [5, 5.41) is 19.1. The van der Waals surface area contributed by atoms with E-state index in [-0.39, 0.29) is 17.6 Å². The van der Waals surface area contributed by atoms with Gasteiger partial charge in [0.1, 0.15) is 5.75 Å². The zero-order chi connectivity index (χ0) is 13.1. The van der Waals surface area contributed by atoms with Crippen LogP contribution >= 0.6 is 12.6 Å². The standard InChI is InChI=1S/C14H15NO2S/c1-9-13(17)12(8-16)11(7-15-9)14(18)10-5-3-2-4-6-10/h2-7,14,16-18H,8H2,1H3. The van der Waals surface area contributed by atoms with Crippen LogP contribution in [-0.4, -0.2) is 15.2 Å². The number of aliphatic hydroxyl groups excluding tert-OH is 1. The highest BCUT2D eigenvalue weighted by atomic mass is 32.1. The highest BCUT2D eigenvalue weighted by Crippen LogP contribution is 2.34. The molecule has 1 aromatic carbocycles. The summed E-state index contributed by atoms with van der Waals surface area (Å²) in [7, 11) is 0. The minimum Gasteiger partial charge on any atom is -0.506 e. The van der Waals surface area contributed by atoms with Gasteiger partial charge < -0.3 is 10.2 Å². The van der Waals surface area contributed by atoms with Crippen LogP contribution in [0.3, 0.4) is 0 Å². The quantitative estimate of drug-likeness (QED) is 0.744. The van der Waals surface area contributed by atoms with Crippen LogP contribution in [0.2, 0.25) is 0 Å². The first-order chi connectivity index (χ1) is 8.65. The van der Waals surface area contributed by atoms with Crippen molar-refractivity contribution >= 4 is 12.6 Å². The van der Waals surface area contributed by atoms with Crippen LogP contribution in [0.25, 0.3) is 0 Å². The molecule has 0 saturated heterocycles. The van der Waals surface area contributed by atoms with E-state index in [0.717, 1.165) is 11.1 Å². The second kappa shape index (κ2) is 5.42. The number of benzene rings is 1. The summed E-state index contributed by atoms with van der Waals surface area (Å²) in [5.41, 5.74) is 2.73. The van der Waals surface area contributed by atoms with Gasteiger partial charge in [0.2, 0.25) is 0 Å². The van der Waals surface area contributed by atoms with Crippen LogP contribution < -0.4 is 0 Å². The highest BCUT2D eigenvalue weighted by Gasteiger charge is 2.17. The summed E-state index contributed by atoms with van der Waals surface area (Å²) in [4.78, 5) is 4.12. The van der Waals surface area contributed by atoms with Gasteiger partial charge in [-0.2, -0.15) is 12.6 Å². The van der Waals surface area contributed by atoms with Gasteiger partial charge in [-0.3, -0.25) is 4.98 Å². The molecule has 94 valence electrons. The second-order valence-corrected chi connectivity index (χ2v) is 4.61. The Hall–Kier alpha value is -1.52. The molecule has 0 fully saturated rings. The number of nitrogens with zero attached hydrogens (tertiary/aromatic N) is 1. The lowest BCUT2D eigenvalue weighted by Crippen LogP contribution is -2.02. The third-order valence-corrected chi connectivity index (χ3v) is 3.52. The van der Waals surface area contributed by atoms with Gasteiger partial charge in [-0.1, -0.05) is 30.3 Å². The van der Waals surface area contributed by atoms with E-state index in [9.17, 15) is 10.2 Å². The molecule has 2 N–H and O–H groups in total. The van der Waals surface area contributed by atoms with Crippen molar-refractivity contribution in [2.75, 3.05) is 0 Å². The molecular weight excluding hydrogens is 246 g/mol. The molecule has 0 radical (unpaired) electrons. The van der Waals surface area contributed by atoms with E-state index in [1.165, 1.54) is 0 Å². The summed E-state index contributed by atoms with van der Waals surface area (Å²) >= 11 is 4.55. The fourth-order valence-electron chi connectivity index (χ4n) is 1.88. The molecule has 0 saturated carbocycles. The van der Waals surface area contributed by atoms with Gasteiger partial charge in [0.05, 0.1) is 17.6 Å². The summed E-state index contributed by atoms with van der Waals surface area (Å²) < 4.78 is 0. The second-order valence-electron chi connectivity index (χ2n) is 4.10. The number of aromatic hydroxyl groups is 1. The van der Waals surface area contributed by atoms with Gasteiger partial charge in [-0.25, -0.2) is 0 Å². The summed E-state index contributed by atoms with van der Waals surface area (Å²) in [6.07, 6.45) is 1.66. The summed E-state index contributed by atoms with van der Waals surface area (Å²) in [6, 6.07) is 9.70. The molecule has 0 aliphatic carbocycles. The number of aliphatic hydroxyl groups is 1. The molecule has 4 heteroatoms. The number of aromatic nitrogens is 1. The Labute approximate surface area is 112 Å². The van der Waals surface area contributed by atoms with Crippen molar-refractivity contribution in [1.29, 1.82) is 0 Å². The first-order valence-electron chi connectivity index (χ1n) is 5.66. The average molecular weight is 261 g/mol. The first kappa shape index (κ1) is 12.9. The SMILES string of the molecule is Cc1ncc(C(S)c2ccccc2)c(CO)c1O. The third-order valence-electron chi connectivity index (χ3n) is 2.94. The van der Waals surface area contributed by atoms with Crippen LogP contribution in [0, 0.1) is 6.92 Å². The number of hydrogen-bond donors (Lipinski definition) is 3. The van der Waals surface area contributed by atoms with Crippen molar-refractivity contribution in [1.82, 2.24) is 4.98 Å². The van der Waals surface area contributed by atoms with Crippen LogP contribution in [-0.2, 0) is 6.61 Å². The average Bonchev–Trinajstić information content (AvgIpc) is 2.42. The van der Waals surface area contributed by atoms with Gasteiger partial charge >= 0.3 is 0 Å². The van der Waals surface area contributed by atoms with E-state index in [2.05, 4.69) is 17.6 Å². The zero-order valence-electron chi connectivity index (χ0n) is 10.0. The maximum absolute atomic E-state index is 9.92. The van der Waals surface area contributed by atoms with Gasteiger partial charge in [0.15, 0.2) is 0 Å². The molecule has 0 aliphatic heterocycles. The molecule has 3 nitrogen and oxygen atoms in total. The van der Waals surface area contributed by atoms with E-state index >= 15 is 0 Å². The van der Waals surface area contributed by atoms with Crippen molar-refractivity contribution in [3.8, 4) is 5.75 Å². The Kier molecular flexibility index (Phi) is 3.89. The summed E-state index contributed by atoms with van der Waals surface area (Å²) in [6.45, 7) is 1.47. The van der Waals surface area contributed by atoms with Crippen molar-refractivity contribution in [2.45, 2.75) is 18.8 Å². The fraction of sp³-hybridized carbons (Fsp3) is 0.214. The molecule has 1 heterocycles. The number of hydrogen-bond acceptors (Lipinski definition) is 4. The minimum atomic E-state index is -0.228. The van der Waals surface area contributed by atoms with Gasteiger partial charge in [0, 0.05) is 11.8 Å². The highest BCUT2D eigenvalue weighted by molar-refractivity contribution is 7.80. The van der Waals surface area contributed by atoms with E-state index in [1.807, 2.05) is 30.3 Å². The third kappa shape index (κ3) is 2.35. The van der Waals surface area contributed by atoms with Gasteiger partial charge in [-0.05, 0) is 18.1 Å². The minimum absolute atomic E-state index is 0.0463. The maximum Gasteiger partial charge on any atom is 0.142 e. The Morgan fingerprint density at radius 2 is 1.94 bits per heavy atom. The van der Waals surface area contributed by atoms with Crippen molar-refractivity contribution < 1.29 is 10.2 Å². The molecule has 1 unspecified atom stereocenters. The number of thiol groups is 1. The smallest absolute Gasteiger partial charge is 0.142 e. The Bertz CT molecular complexity index is 543. The van der Waals surface area contributed by atoms with Gasteiger partial charge in [0.25, 0.3) is 0 Å². The molecule has 0 spiro atoms. The normalized spacial score (nSPS) is 12.4. The Morgan fingerprint density at radius 1 is 1.28 bits per heavy atom. The predicted molar refractivity (Wildman–Crippen MR) is 73.8 cm³/mol. The lowest BCUT2D eigenvalue weighted by molar-refractivity contribution is 0.273. The van der Waals surface area contributed by atoms with Crippen LogP contribution in [0.4, 0.5) is 0 Å². The Morgan fingerprint density at radius 3 is 2.56 bits per heavy atom.